The lowest BCUT2D eigenvalue weighted by Gasteiger charge is -2.08. The molecule has 1 atom stereocenters. The highest BCUT2D eigenvalue weighted by Crippen LogP contribution is 2.30. The molecule has 6 nitrogen and oxygen atoms in total. The molecule has 0 aliphatic carbocycles. The van der Waals surface area contributed by atoms with Crippen LogP contribution in [0, 0.1) is 6.92 Å². The normalized spacial score (nSPS) is 16.6. The van der Waals surface area contributed by atoms with Crippen LogP contribution in [-0.4, -0.2) is 34.4 Å². The fraction of sp³-hybridized carbons (Fsp3) is 0.389. The van der Waals surface area contributed by atoms with Crippen LogP contribution in [0.1, 0.15) is 24.1 Å². The van der Waals surface area contributed by atoms with Crippen molar-refractivity contribution < 1.29 is 4.74 Å². The van der Waals surface area contributed by atoms with Crippen molar-refractivity contribution in [2.45, 2.75) is 36.0 Å². The number of aromatic nitrogens is 3. The monoisotopic (exact) mass is 419 g/mol. The maximum absolute atomic E-state index is 5.61. The lowest BCUT2D eigenvalue weighted by Crippen LogP contribution is -2.18. The van der Waals surface area contributed by atoms with Gasteiger partial charge >= 0.3 is 0 Å². The summed E-state index contributed by atoms with van der Waals surface area (Å²) in [5.74, 6) is 0.784. The Kier molecular flexibility index (Phi) is 6.23. The fourth-order valence-corrected chi connectivity index (χ4v) is 5.16. The van der Waals surface area contributed by atoms with Gasteiger partial charge in [0.05, 0.1) is 11.8 Å². The third-order valence-electron chi connectivity index (χ3n) is 4.11. The molecule has 0 radical (unpaired) electrons. The summed E-state index contributed by atoms with van der Waals surface area (Å²) in [6, 6.07) is 8.31. The molecular weight excluding hydrogens is 398 g/mol. The molecule has 1 fully saturated rings. The minimum Gasteiger partial charge on any atom is -0.376 e. The minimum atomic E-state index is 0.305. The van der Waals surface area contributed by atoms with E-state index in [1.807, 2.05) is 0 Å². The largest absolute Gasteiger partial charge is 0.376 e. The smallest absolute Gasteiger partial charge is 0.206 e. The quantitative estimate of drug-likeness (QED) is 0.502. The number of hydrogen-bond donors (Lipinski definition) is 2. The van der Waals surface area contributed by atoms with Crippen molar-refractivity contribution in [3.8, 4) is 0 Å². The Hall–Kier alpha value is -1.68. The zero-order valence-corrected chi connectivity index (χ0v) is 17.4. The second kappa shape index (κ2) is 9.01. The van der Waals surface area contributed by atoms with Crippen LogP contribution in [-0.2, 0) is 10.5 Å². The van der Waals surface area contributed by atoms with E-state index in [0.717, 1.165) is 57.7 Å². The second-order valence-corrected chi connectivity index (χ2v) is 9.37. The number of aryl methyl sites for hydroxylation is 1. The summed E-state index contributed by atoms with van der Waals surface area (Å²) in [6.45, 7) is 3.76. The molecule has 1 aliphatic rings. The first-order valence-corrected chi connectivity index (χ1v) is 11.5. The molecule has 142 valence electrons. The van der Waals surface area contributed by atoms with Crippen LogP contribution in [0.5, 0.6) is 0 Å². The third-order valence-corrected chi connectivity index (χ3v) is 6.96. The van der Waals surface area contributed by atoms with E-state index in [1.54, 1.807) is 34.4 Å². The van der Waals surface area contributed by atoms with Gasteiger partial charge in [0, 0.05) is 30.0 Å². The van der Waals surface area contributed by atoms with Crippen LogP contribution in [0.15, 0.2) is 34.0 Å². The van der Waals surface area contributed by atoms with Crippen molar-refractivity contribution in [3.63, 3.8) is 0 Å². The van der Waals surface area contributed by atoms with Gasteiger partial charge in [-0.2, -0.15) is 0 Å². The predicted molar refractivity (Wildman–Crippen MR) is 114 cm³/mol. The molecule has 1 aromatic carbocycles. The highest BCUT2D eigenvalue weighted by Gasteiger charge is 2.16. The van der Waals surface area contributed by atoms with Crippen LogP contribution in [0.2, 0.25) is 0 Å². The van der Waals surface area contributed by atoms with Gasteiger partial charge in [0.2, 0.25) is 5.13 Å². The Morgan fingerprint density at radius 1 is 1.22 bits per heavy atom. The molecule has 0 spiro atoms. The molecule has 3 heterocycles. The van der Waals surface area contributed by atoms with Gasteiger partial charge in [-0.1, -0.05) is 40.8 Å². The van der Waals surface area contributed by atoms with Crippen LogP contribution in [0.3, 0.4) is 0 Å². The van der Waals surface area contributed by atoms with Crippen LogP contribution < -0.4 is 10.6 Å². The van der Waals surface area contributed by atoms with E-state index < -0.39 is 0 Å². The molecule has 1 unspecified atom stereocenters. The first kappa shape index (κ1) is 18.7. The highest BCUT2D eigenvalue weighted by atomic mass is 32.2. The minimum absolute atomic E-state index is 0.305. The van der Waals surface area contributed by atoms with Crippen LogP contribution in [0.25, 0.3) is 0 Å². The number of hydrogen-bond acceptors (Lipinski definition) is 9. The first-order valence-electron chi connectivity index (χ1n) is 8.84. The Bertz CT molecular complexity index is 858. The molecule has 2 N–H and O–H groups in total. The molecule has 1 aliphatic heterocycles. The van der Waals surface area contributed by atoms with Crippen molar-refractivity contribution in [3.05, 3.63) is 40.9 Å². The molecular formula is C18H21N5OS3. The summed E-state index contributed by atoms with van der Waals surface area (Å²) >= 11 is 4.86. The Morgan fingerprint density at radius 2 is 2.11 bits per heavy atom. The zero-order chi connectivity index (χ0) is 18.5. The molecule has 2 aromatic heterocycles. The average molecular weight is 420 g/mol. The summed E-state index contributed by atoms with van der Waals surface area (Å²) in [5, 5.41) is 19.0. The number of nitrogens with one attached hydrogen (secondary N) is 2. The van der Waals surface area contributed by atoms with E-state index in [0.29, 0.717) is 6.10 Å². The highest BCUT2D eigenvalue weighted by molar-refractivity contribution is 8.00. The topological polar surface area (TPSA) is 72.0 Å². The van der Waals surface area contributed by atoms with E-state index in [2.05, 4.69) is 62.4 Å². The number of benzene rings is 1. The zero-order valence-electron chi connectivity index (χ0n) is 15.0. The van der Waals surface area contributed by atoms with Gasteiger partial charge in [-0.25, -0.2) is 4.98 Å². The van der Waals surface area contributed by atoms with Crippen LogP contribution >= 0.6 is 34.4 Å². The maximum atomic E-state index is 5.61. The molecule has 4 rings (SSSR count). The van der Waals surface area contributed by atoms with Crippen molar-refractivity contribution in [1.82, 2.24) is 15.2 Å². The number of thiazole rings is 1. The number of anilines is 3. The summed E-state index contributed by atoms with van der Waals surface area (Å²) in [5.41, 5.74) is 3.35. The van der Waals surface area contributed by atoms with E-state index >= 15 is 0 Å². The third kappa shape index (κ3) is 5.41. The molecule has 0 saturated carbocycles. The average Bonchev–Trinajstić information content (AvgIpc) is 3.42. The summed E-state index contributed by atoms with van der Waals surface area (Å²) < 4.78 is 6.56. The SMILES string of the molecule is Cc1ccc(Nc2nc(CSc3nnc(NCC4CCCO4)s3)cs2)cc1. The summed E-state index contributed by atoms with van der Waals surface area (Å²) in [4.78, 5) is 4.65. The van der Waals surface area contributed by atoms with E-state index in [4.69, 9.17) is 4.74 Å². The number of rotatable bonds is 8. The Labute approximate surface area is 170 Å². The van der Waals surface area contributed by atoms with Crippen LogP contribution in [0.4, 0.5) is 16.0 Å². The van der Waals surface area contributed by atoms with E-state index in [9.17, 15) is 0 Å². The van der Waals surface area contributed by atoms with Gasteiger partial charge in [0.1, 0.15) is 0 Å². The van der Waals surface area contributed by atoms with Gasteiger partial charge in [0.15, 0.2) is 9.47 Å². The first-order chi connectivity index (χ1) is 13.2. The van der Waals surface area contributed by atoms with Crippen molar-refractivity contribution in [2.24, 2.45) is 0 Å². The standard InChI is InChI=1S/C18H21N5OS3/c1-12-4-6-13(7-5-12)20-17-21-14(10-25-17)11-26-18-23-22-16(27-18)19-9-15-3-2-8-24-15/h4-7,10,15H,2-3,8-9,11H2,1H3,(H,19,22)(H,20,21). The predicted octanol–water partition coefficient (Wildman–Crippen LogP) is 4.93. The van der Waals surface area contributed by atoms with Gasteiger partial charge < -0.3 is 15.4 Å². The molecule has 1 saturated heterocycles. The molecule has 3 aromatic rings. The van der Waals surface area contributed by atoms with Crippen molar-refractivity contribution >= 4 is 50.4 Å². The Balaban J connectivity index is 1.25. The summed E-state index contributed by atoms with van der Waals surface area (Å²) in [6.07, 6.45) is 2.58. The van der Waals surface area contributed by atoms with Gasteiger partial charge in [-0.05, 0) is 31.9 Å². The maximum Gasteiger partial charge on any atom is 0.206 e. The fourth-order valence-electron chi connectivity index (χ4n) is 2.67. The molecule has 9 heteroatoms. The van der Waals surface area contributed by atoms with Crippen molar-refractivity contribution in [2.75, 3.05) is 23.8 Å². The molecule has 27 heavy (non-hydrogen) atoms. The summed E-state index contributed by atoms with van der Waals surface area (Å²) in [7, 11) is 0. The lowest BCUT2D eigenvalue weighted by molar-refractivity contribution is 0.120. The number of thioether (sulfide) groups is 1. The Morgan fingerprint density at radius 3 is 2.93 bits per heavy atom. The number of nitrogens with zero attached hydrogens (tertiary/aromatic N) is 3. The van der Waals surface area contributed by atoms with E-state index in [1.165, 1.54) is 5.56 Å². The number of ether oxygens (including phenoxy) is 1. The van der Waals surface area contributed by atoms with E-state index in [-0.39, 0.29) is 0 Å². The van der Waals surface area contributed by atoms with Gasteiger partial charge in [0.25, 0.3) is 0 Å². The lowest BCUT2D eigenvalue weighted by atomic mass is 10.2. The molecule has 0 bridgehead atoms. The van der Waals surface area contributed by atoms with Crippen molar-refractivity contribution in [1.29, 1.82) is 0 Å². The second-order valence-electron chi connectivity index (χ2n) is 6.31. The molecule has 0 amide bonds. The van der Waals surface area contributed by atoms with Gasteiger partial charge in [-0.15, -0.1) is 21.5 Å². The van der Waals surface area contributed by atoms with Gasteiger partial charge in [-0.3, -0.25) is 0 Å².